The number of rotatable bonds is 3. The summed E-state index contributed by atoms with van der Waals surface area (Å²) in [6.07, 6.45) is 9.11. The van der Waals surface area contributed by atoms with Gasteiger partial charge in [-0.05, 0) is 43.2 Å². The van der Waals surface area contributed by atoms with E-state index in [9.17, 15) is 9.59 Å². The zero-order valence-electron chi connectivity index (χ0n) is 16.9. The molecule has 6 heteroatoms. The highest BCUT2D eigenvalue weighted by Crippen LogP contribution is 2.41. The summed E-state index contributed by atoms with van der Waals surface area (Å²) in [4.78, 5) is 27.2. The molecule has 1 aromatic carbocycles. The maximum absolute atomic E-state index is 12.9. The Morgan fingerprint density at radius 3 is 2.66 bits per heavy atom. The Labute approximate surface area is 171 Å². The molecule has 1 aromatic rings. The lowest BCUT2D eigenvalue weighted by Gasteiger charge is -2.39. The summed E-state index contributed by atoms with van der Waals surface area (Å²) < 4.78 is 11.2. The number of nitrogens with zero attached hydrogens (tertiary/aromatic N) is 1. The molecule has 2 aliphatic carbocycles. The first-order valence-corrected chi connectivity index (χ1v) is 11.2. The van der Waals surface area contributed by atoms with Crippen LogP contribution < -0.4 is 19.7 Å². The van der Waals surface area contributed by atoms with E-state index in [1.54, 1.807) is 4.90 Å². The molecular formula is C23H30N2O4. The summed E-state index contributed by atoms with van der Waals surface area (Å²) >= 11 is 0. The van der Waals surface area contributed by atoms with Gasteiger partial charge in [-0.25, -0.2) is 0 Å². The number of benzene rings is 1. The summed E-state index contributed by atoms with van der Waals surface area (Å²) in [7, 11) is 0. The molecule has 0 bridgehead atoms. The molecule has 2 aliphatic heterocycles. The van der Waals surface area contributed by atoms with Crippen LogP contribution in [0.2, 0.25) is 0 Å². The van der Waals surface area contributed by atoms with E-state index in [0.29, 0.717) is 31.3 Å². The van der Waals surface area contributed by atoms with Crippen LogP contribution in [0, 0.1) is 17.8 Å². The van der Waals surface area contributed by atoms with Crippen LogP contribution in [-0.2, 0) is 9.59 Å². The van der Waals surface area contributed by atoms with Crippen LogP contribution in [0.15, 0.2) is 18.2 Å². The number of hydrogen-bond acceptors (Lipinski definition) is 4. The Hall–Kier alpha value is -2.24. The van der Waals surface area contributed by atoms with Crippen LogP contribution >= 0.6 is 0 Å². The van der Waals surface area contributed by atoms with Gasteiger partial charge in [-0.3, -0.25) is 9.59 Å². The summed E-state index contributed by atoms with van der Waals surface area (Å²) in [5.74, 6) is 2.78. The predicted octanol–water partition coefficient (Wildman–Crippen LogP) is 3.29. The van der Waals surface area contributed by atoms with Crippen molar-refractivity contribution < 1.29 is 19.1 Å². The molecule has 1 N–H and O–H groups in total. The van der Waals surface area contributed by atoms with Gasteiger partial charge in [0.15, 0.2) is 11.5 Å². The van der Waals surface area contributed by atoms with Gasteiger partial charge in [0.2, 0.25) is 11.8 Å². The first-order chi connectivity index (χ1) is 14.2. The Kier molecular flexibility index (Phi) is 5.10. The van der Waals surface area contributed by atoms with E-state index in [-0.39, 0.29) is 30.2 Å². The minimum absolute atomic E-state index is 0.00202. The lowest BCUT2D eigenvalue weighted by molar-refractivity contribution is -0.127. The van der Waals surface area contributed by atoms with Gasteiger partial charge in [-0.2, -0.15) is 0 Å². The quantitative estimate of drug-likeness (QED) is 0.848. The molecule has 4 unspecified atom stereocenters. The van der Waals surface area contributed by atoms with Crippen molar-refractivity contribution in [2.24, 2.45) is 17.8 Å². The van der Waals surface area contributed by atoms with Gasteiger partial charge < -0.3 is 19.7 Å². The molecule has 4 atom stereocenters. The van der Waals surface area contributed by atoms with Gasteiger partial charge >= 0.3 is 0 Å². The topological polar surface area (TPSA) is 67.9 Å². The lowest BCUT2D eigenvalue weighted by Crippen LogP contribution is -2.44. The molecule has 0 spiro atoms. The second kappa shape index (κ2) is 7.88. The van der Waals surface area contributed by atoms with E-state index < -0.39 is 0 Å². The molecule has 6 nitrogen and oxygen atoms in total. The second-order valence-electron chi connectivity index (χ2n) is 9.06. The minimum Gasteiger partial charge on any atom is -0.486 e. The maximum Gasteiger partial charge on any atom is 0.227 e. The van der Waals surface area contributed by atoms with E-state index in [1.165, 1.54) is 32.1 Å². The SMILES string of the molecule is O=C(NC1CCC2CCCCC2C1)C1CC(=O)N(c2ccc3c(c2)OCCO3)C1. The molecule has 2 amide bonds. The van der Waals surface area contributed by atoms with Crippen molar-refractivity contribution in [3.63, 3.8) is 0 Å². The third-order valence-electron chi connectivity index (χ3n) is 7.22. The predicted molar refractivity (Wildman–Crippen MR) is 109 cm³/mol. The summed E-state index contributed by atoms with van der Waals surface area (Å²) in [6.45, 7) is 1.49. The zero-order valence-corrected chi connectivity index (χ0v) is 16.9. The van der Waals surface area contributed by atoms with Gasteiger partial charge in [0.25, 0.3) is 0 Å². The number of ether oxygens (including phenoxy) is 2. The van der Waals surface area contributed by atoms with Crippen molar-refractivity contribution in [1.29, 1.82) is 0 Å². The van der Waals surface area contributed by atoms with Gasteiger partial charge in [-0.1, -0.05) is 25.7 Å². The van der Waals surface area contributed by atoms with Crippen LogP contribution in [0.5, 0.6) is 11.5 Å². The molecule has 0 radical (unpaired) electrons. The molecule has 156 valence electrons. The van der Waals surface area contributed by atoms with Gasteiger partial charge in [-0.15, -0.1) is 0 Å². The first kappa shape index (κ1) is 18.8. The molecule has 1 saturated heterocycles. The highest BCUT2D eigenvalue weighted by Gasteiger charge is 2.38. The molecule has 2 saturated carbocycles. The van der Waals surface area contributed by atoms with Crippen LogP contribution in [0.4, 0.5) is 5.69 Å². The number of anilines is 1. The van der Waals surface area contributed by atoms with E-state index in [2.05, 4.69) is 5.32 Å². The Bertz CT molecular complexity index is 795. The number of nitrogens with one attached hydrogen (secondary N) is 1. The number of hydrogen-bond donors (Lipinski definition) is 1. The third kappa shape index (κ3) is 3.81. The Morgan fingerprint density at radius 1 is 1.00 bits per heavy atom. The van der Waals surface area contributed by atoms with Crippen molar-refractivity contribution in [3.8, 4) is 11.5 Å². The monoisotopic (exact) mass is 398 g/mol. The molecule has 0 aromatic heterocycles. The molecular weight excluding hydrogens is 368 g/mol. The van der Waals surface area contributed by atoms with Crippen molar-refractivity contribution in [2.45, 2.75) is 57.4 Å². The fourth-order valence-corrected chi connectivity index (χ4v) is 5.66. The smallest absolute Gasteiger partial charge is 0.227 e. The van der Waals surface area contributed by atoms with Crippen LogP contribution in [0.1, 0.15) is 51.4 Å². The van der Waals surface area contributed by atoms with Gasteiger partial charge in [0, 0.05) is 30.8 Å². The highest BCUT2D eigenvalue weighted by molar-refractivity contribution is 6.00. The van der Waals surface area contributed by atoms with Crippen LogP contribution in [-0.4, -0.2) is 37.6 Å². The summed E-state index contributed by atoms with van der Waals surface area (Å²) in [6, 6.07) is 5.83. The average Bonchev–Trinajstić information content (AvgIpc) is 3.15. The standard InChI is InChI=1S/C23H30N2O4/c26-22-12-17(14-25(22)19-7-8-20-21(13-19)29-10-9-28-20)23(27)24-18-6-5-15-3-1-2-4-16(15)11-18/h7-8,13,15-18H,1-6,9-12,14H2,(H,24,27). The van der Waals surface area contributed by atoms with E-state index in [4.69, 9.17) is 9.47 Å². The molecule has 2 heterocycles. The van der Waals surface area contributed by atoms with Crippen molar-refractivity contribution in [3.05, 3.63) is 18.2 Å². The second-order valence-corrected chi connectivity index (χ2v) is 9.06. The molecule has 29 heavy (non-hydrogen) atoms. The van der Waals surface area contributed by atoms with Crippen LogP contribution in [0.3, 0.4) is 0 Å². The number of amides is 2. The Balaban J connectivity index is 1.20. The van der Waals surface area contributed by atoms with Gasteiger partial charge in [0.05, 0.1) is 5.92 Å². The minimum atomic E-state index is -0.278. The highest BCUT2D eigenvalue weighted by atomic mass is 16.6. The molecule has 3 fully saturated rings. The zero-order chi connectivity index (χ0) is 19.8. The molecule has 5 rings (SSSR count). The van der Waals surface area contributed by atoms with Crippen molar-refractivity contribution in [2.75, 3.05) is 24.7 Å². The normalized spacial score (nSPS) is 31.3. The largest absolute Gasteiger partial charge is 0.486 e. The summed E-state index contributed by atoms with van der Waals surface area (Å²) in [5.41, 5.74) is 0.775. The first-order valence-electron chi connectivity index (χ1n) is 11.2. The van der Waals surface area contributed by atoms with E-state index >= 15 is 0 Å². The average molecular weight is 399 g/mol. The van der Waals surface area contributed by atoms with Crippen LogP contribution in [0.25, 0.3) is 0 Å². The number of fused-ring (bicyclic) bond motifs is 2. The fraction of sp³-hybridized carbons (Fsp3) is 0.652. The van der Waals surface area contributed by atoms with E-state index in [1.807, 2.05) is 18.2 Å². The number of carbonyl (C=O) groups excluding carboxylic acids is 2. The Morgan fingerprint density at radius 2 is 1.79 bits per heavy atom. The van der Waals surface area contributed by atoms with Crippen molar-refractivity contribution in [1.82, 2.24) is 5.32 Å². The summed E-state index contributed by atoms with van der Waals surface area (Å²) in [5, 5.41) is 3.27. The third-order valence-corrected chi connectivity index (χ3v) is 7.22. The fourth-order valence-electron chi connectivity index (χ4n) is 5.66. The number of carbonyl (C=O) groups is 2. The maximum atomic E-state index is 12.9. The van der Waals surface area contributed by atoms with Crippen molar-refractivity contribution >= 4 is 17.5 Å². The molecule has 4 aliphatic rings. The lowest BCUT2D eigenvalue weighted by atomic mass is 9.69. The van der Waals surface area contributed by atoms with E-state index in [0.717, 1.165) is 30.4 Å². The van der Waals surface area contributed by atoms with Gasteiger partial charge in [0.1, 0.15) is 13.2 Å².